The van der Waals surface area contributed by atoms with Gasteiger partial charge in [0, 0.05) is 13.5 Å². The summed E-state index contributed by atoms with van der Waals surface area (Å²) in [6.07, 6.45) is 8.56. The van der Waals surface area contributed by atoms with E-state index in [0.29, 0.717) is 13.0 Å². The maximum Gasteiger partial charge on any atom is 0.471 e. The van der Waals surface area contributed by atoms with Gasteiger partial charge in [-0.2, -0.15) is 0 Å². The Hall–Kier alpha value is -0.690. The van der Waals surface area contributed by atoms with E-state index in [1.165, 1.54) is 25.7 Å². The summed E-state index contributed by atoms with van der Waals surface area (Å²) < 4.78 is 26.7. The third-order valence-corrected chi connectivity index (χ3v) is 6.36. The number of phosphoric ester groups is 1. The molecule has 0 bridgehead atoms. The van der Waals surface area contributed by atoms with E-state index < -0.39 is 7.82 Å². The van der Waals surface area contributed by atoms with Crippen LogP contribution in [0.1, 0.15) is 63.9 Å². The van der Waals surface area contributed by atoms with Crippen LogP contribution in [0.3, 0.4) is 0 Å². The van der Waals surface area contributed by atoms with Crippen LogP contribution in [0.15, 0.2) is 30.3 Å². The summed E-state index contributed by atoms with van der Waals surface area (Å²) in [5, 5.41) is -0.313. The number of carbonyl (C=O) groups is 1. The SMILES string of the molecule is CCCCCCCCCC(=O)S[C@H](COCc1ccccc1)COP(=O)(O)OC. The third kappa shape index (κ3) is 14.0. The molecular formula is C21H35O6PS. The monoisotopic (exact) mass is 446 g/mol. The number of carbonyl (C=O) groups excluding carboxylic acids is 1. The highest BCUT2D eigenvalue weighted by molar-refractivity contribution is 8.14. The van der Waals surface area contributed by atoms with E-state index in [0.717, 1.165) is 43.7 Å². The highest BCUT2D eigenvalue weighted by atomic mass is 32.2. The van der Waals surface area contributed by atoms with Crippen LogP contribution in [-0.4, -0.2) is 35.6 Å². The Bertz CT molecular complexity index is 598. The van der Waals surface area contributed by atoms with Gasteiger partial charge in [0.25, 0.3) is 0 Å². The van der Waals surface area contributed by atoms with Crippen LogP contribution < -0.4 is 0 Å². The molecule has 2 atom stereocenters. The Morgan fingerprint density at radius 1 is 1.07 bits per heavy atom. The number of benzene rings is 1. The van der Waals surface area contributed by atoms with Gasteiger partial charge in [0.05, 0.1) is 25.1 Å². The van der Waals surface area contributed by atoms with E-state index in [2.05, 4.69) is 11.4 Å². The molecule has 166 valence electrons. The Morgan fingerprint density at radius 3 is 2.38 bits per heavy atom. The summed E-state index contributed by atoms with van der Waals surface area (Å²) in [5.74, 6) is 0. The molecule has 0 aliphatic heterocycles. The van der Waals surface area contributed by atoms with Gasteiger partial charge in [-0.15, -0.1) is 0 Å². The van der Waals surface area contributed by atoms with Crippen molar-refractivity contribution in [3.63, 3.8) is 0 Å². The molecule has 1 aromatic rings. The second-order valence-corrected chi connectivity index (χ2v) is 9.85. The molecule has 0 saturated carbocycles. The predicted octanol–water partition coefficient (Wildman–Crippen LogP) is 5.74. The van der Waals surface area contributed by atoms with Gasteiger partial charge in [-0.1, -0.05) is 87.5 Å². The van der Waals surface area contributed by atoms with Crippen LogP contribution in [-0.2, 0) is 29.8 Å². The molecule has 0 saturated heterocycles. The molecule has 8 heteroatoms. The van der Waals surface area contributed by atoms with Gasteiger partial charge < -0.3 is 9.63 Å². The average molecular weight is 447 g/mol. The number of hydrogen-bond donors (Lipinski definition) is 1. The smallest absolute Gasteiger partial charge is 0.376 e. The molecule has 1 N–H and O–H groups in total. The van der Waals surface area contributed by atoms with E-state index in [1.54, 1.807) is 0 Å². The van der Waals surface area contributed by atoms with Crippen LogP contribution in [0, 0.1) is 0 Å². The molecule has 1 unspecified atom stereocenters. The van der Waals surface area contributed by atoms with Gasteiger partial charge in [0.1, 0.15) is 0 Å². The highest BCUT2D eigenvalue weighted by Gasteiger charge is 2.23. The number of hydrogen-bond acceptors (Lipinski definition) is 6. The van der Waals surface area contributed by atoms with Crippen molar-refractivity contribution >= 4 is 24.7 Å². The first-order chi connectivity index (χ1) is 14.0. The van der Waals surface area contributed by atoms with Crippen molar-refractivity contribution in [2.24, 2.45) is 0 Å². The Morgan fingerprint density at radius 2 is 1.72 bits per heavy atom. The topological polar surface area (TPSA) is 82.1 Å². The van der Waals surface area contributed by atoms with Gasteiger partial charge in [0.15, 0.2) is 5.12 Å². The van der Waals surface area contributed by atoms with E-state index in [1.807, 2.05) is 30.3 Å². The largest absolute Gasteiger partial charge is 0.471 e. The minimum atomic E-state index is -4.08. The second-order valence-electron chi connectivity index (χ2n) is 6.93. The molecule has 0 fully saturated rings. The number of phosphoric acid groups is 1. The Labute approximate surface area is 179 Å². The maximum absolute atomic E-state index is 12.3. The molecule has 1 aromatic carbocycles. The number of thioether (sulfide) groups is 1. The molecule has 29 heavy (non-hydrogen) atoms. The molecule has 0 radical (unpaired) electrons. The van der Waals surface area contributed by atoms with Gasteiger partial charge >= 0.3 is 7.82 Å². The van der Waals surface area contributed by atoms with Crippen molar-refractivity contribution in [1.29, 1.82) is 0 Å². The van der Waals surface area contributed by atoms with Gasteiger partial charge in [-0.05, 0) is 12.0 Å². The van der Waals surface area contributed by atoms with Crippen LogP contribution in [0.25, 0.3) is 0 Å². The molecular weight excluding hydrogens is 411 g/mol. The van der Waals surface area contributed by atoms with Crippen molar-refractivity contribution in [1.82, 2.24) is 0 Å². The molecule has 6 nitrogen and oxygen atoms in total. The average Bonchev–Trinajstić information content (AvgIpc) is 2.72. The fourth-order valence-electron chi connectivity index (χ4n) is 2.70. The van der Waals surface area contributed by atoms with Crippen molar-refractivity contribution in [2.75, 3.05) is 20.3 Å². The zero-order valence-electron chi connectivity index (χ0n) is 17.6. The molecule has 0 aliphatic carbocycles. The van der Waals surface area contributed by atoms with E-state index in [4.69, 9.17) is 9.26 Å². The summed E-state index contributed by atoms with van der Waals surface area (Å²) >= 11 is 1.13. The van der Waals surface area contributed by atoms with Crippen LogP contribution in [0.2, 0.25) is 0 Å². The number of rotatable bonds is 17. The molecule has 0 heterocycles. The standard InChI is InChI=1S/C21H35O6PS/c1-3-4-5-6-7-8-12-15-21(22)29-20(18-27-28(23,24)25-2)17-26-16-19-13-10-9-11-14-19/h9-11,13-14,20H,3-8,12,15-18H2,1-2H3,(H,23,24)/t20-/m1/s1. The summed E-state index contributed by atoms with van der Waals surface area (Å²) in [7, 11) is -2.97. The zero-order valence-corrected chi connectivity index (χ0v) is 19.3. The molecule has 1 rings (SSSR count). The lowest BCUT2D eigenvalue weighted by Crippen LogP contribution is -2.20. The minimum Gasteiger partial charge on any atom is -0.376 e. The molecule has 0 spiro atoms. The summed E-state index contributed by atoms with van der Waals surface area (Å²) in [6, 6.07) is 9.71. The van der Waals surface area contributed by atoms with E-state index in [-0.39, 0.29) is 23.6 Å². The Kier molecular flexibility index (Phi) is 14.6. The molecule has 0 aromatic heterocycles. The third-order valence-electron chi connectivity index (χ3n) is 4.35. The highest BCUT2D eigenvalue weighted by Crippen LogP contribution is 2.42. The first kappa shape index (κ1) is 26.3. The quantitative estimate of drug-likeness (QED) is 0.241. The minimum absolute atomic E-state index is 0.0562. The van der Waals surface area contributed by atoms with Crippen molar-refractivity contribution in [2.45, 2.75) is 70.1 Å². The zero-order chi connectivity index (χ0) is 21.4. The van der Waals surface area contributed by atoms with Gasteiger partial charge in [-0.25, -0.2) is 4.57 Å². The fourth-order valence-corrected chi connectivity index (χ4v) is 4.21. The van der Waals surface area contributed by atoms with Crippen LogP contribution >= 0.6 is 19.6 Å². The van der Waals surface area contributed by atoms with Crippen LogP contribution in [0.5, 0.6) is 0 Å². The number of ether oxygens (including phenoxy) is 1. The first-order valence-electron chi connectivity index (χ1n) is 10.3. The predicted molar refractivity (Wildman–Crippen MR) is 118 cm³/mol. The van der Waals surface area contributed by atoms with Gasteiger partial charge in [0.2, 0.25) is 0 Å². The van der Waals surface area contributed by atoms with Crippen molar-refractivity contribution < 1.29 is 28.0 Å². The van der Waals surface area contributed by atoms with Crippen LogP contribution in [0.4, 0.5) is 0 Å². The second kappa shape index (κ2) is 16.1. The lowest BCUT2D eigenvalue weighted by atomic mass is 10.1. The lowest BCUT2D eigenvalue weighted by molar-refractivity contribution is -0.111. The van der Waals surface area contributed by atoms with Crippen molar-refractivity contribution in [3.8, 4) is 0 Å². The summed E-state index contributed by atoms with van der Waals surface area (Å²) in [5.41, 5.74) is 1.02. The lowest BCUT2D eigenvalue weighted by Gasteiger charge is -2.17. The molecule has 0 amide bonds. The number of unbranched alkanes of at least 4 members (excludes halogenated alkanes) is 6. The van der Waals surface area contributed by atoms with E-state index >= 15 is 0 Å². The van der Waals surface area contributed by atoms with Crippen molar-refractivity contribution in [3.05, 3.63) is 35.9 Å². The van der Waals surface area contributed by atoms with E-state index in [9.17, 15) is 14.3 Å². The van der Waals surface area contributed by atoms with Gasteiger partial charge in [-0.3, -0.25) is 13.8 Å². The summed E-state index contributed by atoms with van der Waals surface area (Å²) in [4.78, 5) is 21.8. The fraction of sp³-hybridized carbons (Fsp3) is 0.667. The Balaban J connectivity index is 2.37. The summed E-state index contributed by atoms with van der Waals surface area (Å²) in [6.45, 7) is 2.75. The normalized spacial score (nSPS) is 14.4. The maximum atomic E-state index is 12.3. The molecule has 0 aliphatic rings. The first-order valence-corrected chi connectivity index (χ1v) is 12.7.